The van der Waals surface area contributed by atoms with Crippen molar-refractivity contribution < 1.29 is 0 Å². The van der Waals surface area contributed by atoms with Gasteiger partial charge in [-0.15, -0.1) is 0 Å². The van der Waals surface area contributed by atoms with E-state index in [4.69, 9.17) is 0 Å². The summed E-state index contributed by atoms with van der Waals surface area (Å²) in [6.45, 7) is 11.4. The second kappa shape index (κ2) is 5.21. The molecule has 1 heterocycles. The van der Waals surface area contributed by atoms with Crippen LogP contribution in [0, 0.1) is 13.8 Å². The fourth-order valence-electron chi connectivity index (χ4n) is 1.35. The molecule has 0 radical (unpaired) electrons. The van der Waals surface area contributed by atoms with Gasteiger partial charge in [-0.05, 0) is 25.6 Å². The van der Waals surface area contributed by atoms with Crippen LogP contribution in [0.15, 0.2) is 0 Å². The van der Waals surface area contributed by atoms with Crippen LogP contribution in [0.4, 0.5) is 0 Å². The summed E-state index contributed by atoms with van der Waals surface area (Å²) in [4.78, 5) is 7.73. The highest BCUT2D eigenvalue weighted by atomic mass is 32.2. The number of aromatic nitrogens is 2. The molecule has 0 saturated heterocycles. The van der Waals surface area contributed by atoms with Crippen LogP contribution in [0.2, 0.25) is 25.7 Å². The van der Waals surface area contributed by atoms with Crippen molar-refractivity contribution in [1.29, 1.82) is 0 Å². The molecule has 1 rings (SSSR count). The van der Waals surface area contributed by atoms with E-state index in [1.807, 2.05) is 18.7 Å². The number of hydrogen-bond donors (Lipinski definition) is 1. The zero-order chi connectivity index (χ0) is 11.5. The number of imidazole rings is 1. The van der Waals surface area contributed by atoms with E-state index < -0.39 is 8.07 Å². The van der Waals surface area contributed by atoms with E-state index in [0.717, 1.165) is 11.6 Å². The van der Waals surface area contributed by atoms with Gasteiger partial charge in [0.25, 0.3) is 0 Å². The molecule has 0 aromatic carbocycles. The van der Waals surface area contributed by atoms with Crippen molar-refractivity contribution in [3.63, 3.8) is 0 Å². The maximum atomic E-state index is 4.48. The maximum Gasteiger partial charge on any atom is 0.103 e. The molecule has 0 saturated carbocycles. The molecule has 0 amide bonds. The van der Waals surface area contributed by atoms with Gasteiger partial charge in [-0.25, -0.2) is 4.98 Å². The monoisotopic (exact) mass is 242 g/mol. The van der Waals surface area contributed by atoms with Gasteiger partial charge in [0.1, 0.15) is 5.82 Å². The standard InChI is InChI=1S/C11H22N2SSi/c1-9-11(13-10(2)12-9)8-14-6-7-15(3,4)5/h6-8H2,1-5H3,(H,12,13). The van der Waals surface area contributed by atoms with Gasteiger partial charge in [-0.2, -0.15) is 11.8 Å². The van der Waals surface area contributed by atoms with Gasteiger partial charge in [0.05, 0.1) is 5.69 Å². The zero-order valence-electron chi connectivity index (χ0n) is 10.5. The Morgan fingerprint density at radius 3 is 2.40 bits per heavy atom. The van der Waals surface area contributed by atoms with Crippen molar-refractivity contribution in [2.24, 2.45) is 0 Å². The average molecular weight is 242 g/mol. The summed E-state index contributed by atoms with van der Waals surface area (Å²) in [5, 5.41) is 0. The largest absolute Gasteiger partial charge is 0.346 e. The molecule has 0 aliphatic carbocycles. The van der Waals surface area contributed by atoms with Crippen molar-refractivity contribution >= 4 is 19.8 Å². The second-order valence-corrected chi connectivity index (χ2v) is 12.0. The van der Waals surface area contributed by atoms with Crippen LogP contribution in [0.5, 0.6) is 0 Å². The van der Waals surface area contributed by atoms with Crippen LogP contribution < -0.4 is 0 Å². The van der Waals surface area contributed by atoms with Gasteiger partial charge < -0.3 is 4.98 Å². The molecule has 1 aromatic rings. The number of H-pyrrole nitrogens is 1. The molecule has 2 nitrogen and oxygen atoms in total. The average Bonchev–Trinajstić information content (AvgIpc) is 2.37. The van der Waals surface area contributed by atoms with E-state index in [9.17, 15) is 0 Å². The molecule has 4 heteroatoms. The van der Waals surface area contributed by atoms with Crippen molar-refractivity contribution in [2.45, 2.75) is 45.3 Å². The number of thioether (sulfide) groups is 1. The Balaban J connectivity index is 2.29. The first kappa shape index (κ1) is 12.8. The highest BCUT2D eigenvalue weighted by Gasteiger charge is 2.12. The number of nitrogens with zero attached hydrogens (tertiary/aromatic N) is 1. The van der Waals surface area contributed by atoms with Gasteiger partial charge in [0.2, 0.25) is 0 Å². The van der Waals surface area contributed by atoms with Crippen LogP contribution in [0.25, 0.3) is 0 Å². The van der Waals surface area contributed by atoms with Crippen molar-refractivity contribution in [3.05, 3.63) is 17.2 Å². The lowest BCUT2D eigenvalue weighted by Gasteiger charge is -2.14. The fourth-order valence-corrected chi connectivity index (χ4v) is 4.99. The molecule has 0 fully saturated rings. The summed E-state index contributed by atoms with van der Waals surface area (Å²) in [5.74, 6) is 3.37. The Bertz CT molecular complexity index is 315. The molecule has 0 spiro atoms. The predicted molar refractivity (Wildman–Crippen MR) is 72.4 cm³/mol. The molecule has 86 valence electrons. The smallest absolute Gasteiger partial charge is 0.103 e. The molecule has 0 aliphatic rings. The lowest BCUT2D eigenvalue weighted by molar-refractivity contribution is 1.12. The summed E-state index contributed by atoms with van der Waals surface area (Å²) in [6, 6.07) is 1.40. The topological polar surface area (TPSA) is 28.7 Å². The van der Waals surface area contributed by atoms with E-state index in [1.54, 1.807) is 0 Å². The summed E-state index contributed by atoms with van der Waals surface area (Å²) < 4.78 is 0. The fraction of sp³-hybridized carbons (Fsp3) is 0.727. The summed E-state index contributed by atoms with van der Waals surface area (Å²) >= 11 is 2.01. The molecular weight excluding hydrogens is 220 g/mol. The summed E-state index contributed by atoms with van der Waals surface area (Å²) in [7, 11) is -0.853. The quantitative estimate of drug-likeness (QED) is 0.631. The van der Waals surface area contributed by atoms with Crippen LogP contribution in [-0.2, 0) is 5.75 Å². The maximum absolute atomic E-state index is 4.48. The summed E-state index contributed by atoms with van der Waals surface area (Å²) in [6.07, 6.45) is 0. The molecular formula is C11H22N2SSi. The number of aromatic amines is 1. The van der Waals surface area contributed by atoms with Gasteiger partial charge >= 0.3 is 0 Å². The number of hydrogen-bond acceptors (Lipinski definition) is 2. The summed E-state index contributed by atoms with van der Waals surface area (Å²) in [5.41, 5.74) is 2.46. The minimum Gasteiger partial charge on any atom is -0.346 e. The van der Waals surface area contributed by atoms with Crippen molar-refractivity contribution in [2.75, 3.05) is 5.75 Å². The predicted octanol–water partition coefficient (Wildman–Crippen LogP) is 3.60. The Labute approximate surface area is 98.3 Å². The third kappa shape index (κ3) is 4.89. The van der Waals surface area contributed by atoms with Gasteiger partial charge in [-0.3, -0.25) is 0 Å². The van der Waals surface area contributed by atoms with E-state index in [0.29, 0.717) is 0 Å². The Hall–Kier alpha value is -0.223. The van der Waals surface area contributed by atoms with Crippen molar-refractivity contribution in [1.82, 2.24) is 9.97 Å². The molecule has 15 heavy (non-hydrogen) atoms. The molecule has 0 unspecified atom stereocenters. The normalized spacial score (nSPS) is 12.1. The minimum absolute atomic E-state index is 0.853. The Morgan fingerprint density at radius 1 is 1.27 bits per heavy atom. The first-order valence-electron chi connectivity index (χ1n) is 5.48. The van der Waals surface area contributed by atoms with E-state index >= 15 is 0 Å². The van der Waals surface area contributed by atoms with Crippen molar-refractivity contribution in [3.8, 4) is 0 Å². The van der Waals surface area contributed by atoms with E-state index in [2.05, 4.69) is 36.5 Å². The minimum atomic E-state index is -0.853. The molecule has 1 N–H and O–H groups in total. The van der Waals surface area contributed by atoms with Gasteiger partial charge in [0.15, 0.2) is 0 Å². The SMILES string of the molecule is Cc1nc(CSCC[Si](C)(C)C)c(C)[nH]1. The molecule has 0 atom stereocenters. The van der Waals surface area contributed by atoms with Gasteiger partial charge in [0, 0.05) is 19.5 Å². The Kier molecular flexibility index (Phi) is 4.46. The number of nitrogens with one attached hydrogen (secondary N) is 1. The third-order valence-electron chi connectivity index (χ3n) is 2.34. The van der Waals surface area contributed by atoms with Crippen LogP contribution >= 0.6 is 11.8 Å². The first-order chi connectivity index (χ1) is 6.88. The van der Waals surface area contributed by atoms with Crippen LogP contribution in [0.1, 0.15) is 17.2 Å². The number of aryl methyl sites for hydroxylation is 2. The first-order valence-corrected chi connectivity index (χ1v) is 10.3. The number of rotatable bonds is 5. The second-order valence-electron chi connectivity index (χ2n) is 5.26. The highest BCUT2D eigenvalue weighted by Crippen LogP contribution is 2.18. The van der Waals surface area contributed by atoms with E-state index in [-0.39, 0.29) is 0 Å². The van der Waals surface area contributed by atoms with E-state index in [1.165, 1.54) is 23.2 Å². The lowest BCUT2D eigenvalue weighted by atomic mass is 10.4. The third-order valence-corrected chi connectivity index (χ3v) is 5.42. The lowest BCUT2D eigenvalue weighted by Crippen LogP contribution is -2.19. The molecule has 0 aliphatic heterocycles. The zero-order valence-corrected chi connectivity index (χ0v) is 12.3. The molecule has 1 aromatic heterocycles. The van der Waals surface area contributed by atoms with Crippen LogP contribution in [0.3, 0.4) is 0 Å². The molecule has 0 bridgehead atoms. The Morgan fingerprint density at radius 2 is 1.93 bits per heavy atom. The highest BCUT2D eigenvalue weighted by molar-refractivity contribution is 7.98. The van der Waals surface area contributed by atoms with Crippen LogP contribution in [-0.4, -0.2) is 23.8 Å². The van der Waals surface area contributed by atoms with Gasteiger partial charge in [-0.1, -0.05) is 19.6 Å².